The van der Waals surface area contributed by atoms with Gasteiger partial charge in [-0.05, 0) is 12.1 Å². The number of nitrogens with zero attached hydrogens (tertiary/aromatic N) is 1. The van der Waals surface area contributed by atoms with E-state index in [0.29, 0.717) is 0 Å². The Balaban J connectivity index is 0.000000138. The number of fused-ring (bicyclic) bond motifs is 1. The second-order valence-electron chi connectivity index (χ2n) is 3.01. The first-order valence-corrected chi connectivity index (χ1v) is 4.87. The number of hydrogen-bond donors (Lipinski definition) is 0. The molecule has 3 rings (SSSR count). The summed E-state index contributed by atoms with van der Waals surface area (Å²) in [5.74, 6) is 0. The molecule has 0 radical (unpaired) electrons. The normalized spacial score (nSPS) is 12.2. The molecule has 2 heterocycles. The van der Waals surface area contributed by atoms with E-state index in [2.05, 4.69) is 26.6 Å². The van der Waals surface area contributed by atoms with Gasteiger partial charge in [0.2, 0.25) is 0 Å². The van der Waals surface area contributed by atoms with Gasteiger partial charge in [0, 0.05) is 11.6 Å². The van der Waals surface area contributed by atoms with E-state index in [0.717, 1.165) is 5.52 Å². The summed E-state index contributed by atoms with van der Waals surface area (Å²) in [6.07, 6.45) is 7.64. The van der Waals surface area contributed by atoms with Gasteiger partial charge in [-0.25, -0.2) is 0 Å². The van der Waals surface area contributed by atoms with Gasteiger partial charge in [0.1, 0.15) is 25.0 Å². The Labute approximate surface area is 93.6 Å². The van der Waals surface area contributed by atoms with Crippen LogP contribution in [0.5, 0.6) is 0 Å². The third kappa shape index (κ3) is 2.85. The van der Waals surface area contributed by atoms with E-state index in [-0.39, 0.29) is 0 Å². The molecule has 16 heavy (non-hydrogen) atoms. The lowest BCUT2D eigenvalue weighted by molar-refractivity contribution is 0.290. The minimum absolute atomic E-state index is 1.06. The maximum Gasteiger partial charge on any atom is 0.125 e. The monoisotopic (exact) mass is 213 g/mol. The van der Waals surface area contributed by atoms with Gasteiger partial charge in [-0.2, -0.15) is 0 Å². The second-order valence-corrected chi connectivity index (χ2v) is 3.01. The summed E-state index contributed by atoms with van der Waals surface area (Å²) in [6, 6.07) is 12.1. The van der Waals surface area contributed by atoms with Crippen LogP contribution in [0.3, 0.4) is 0 Å². The van der Waals surface area contributed by atoms with Gasteiger partial charge in [-0.1, -0.05) is 24.3 Å². The highest BCUT2D eigenvalue weighted by atomic mass is 16.5. The van der Waals surface area contributed by atoms with Crippen molar-refractivity contribution in [1.82, 2.24) is 4.98 Å². The Morgan fingerprint density at radius 1 is 0.750 bits per heavy atom. The van der Waals surface area contributed by atoms with Crippen molar-refractivity contribution in [3.63, 3.8) is 0 Å². The minimum Gasteiger partial charge on any atom is -0.466 e. The average molecular weight is 213 g/mol. The third-order valence-electron chi connectivity index (χ3n) is 1.94. The van der Waals surface area contributed by atoms with Crippen LogP contribution in [0.25, 0.3) is 10.9 Å². The highest BCUT2D eigenvalue weighted by Gasteiger charge is 1.86. The van der Waals surface area contributed by atoms with Crippen molar-refractivity contribution < 1.29 is 9.47 Å². The van der Waals surface area contributed by atoms with Crippen LogP contribution in [-0.4, -0.2) is 4.98 Å². The van der Waals surface area contributed by atoms with Crippen LogP contribution in [0.15, 0.2) is 67.6 Å². The van der Waals surface area contributed by atoms with Crippen LogP contribution in [0.4, 0.5) is 0 Å². The Morgan fingerprint density at radius 3 is 2.00 bits per heavy atom. The molecule has 2 aromatic rings. The van der Waals surface area contributed by atoms with Crippen molar-refractivity contribution in [1.29, 1.82) is 0 Å². The zero-order valence-corrected chi connectivity index (χ0v) is 8.61. The van der Waals surface area contributed by atoms with Crippen molar-refractivity contribution in [2.75, 3.05) is 0 Å². The fourth-order valence-corrected chi connectivity index (χ4v) is 1.24. The van der Waals surface area contributed by atoms with Crippen molar-refractivity contribution in [2.24, 2.45) is 0 Å². The molecular formula is C13H11NO2. The number of aromatic nitrogens is 1. The van der Waals surface area contributed by atoms with Gasteiger partial charge in [-0.3, -0.25) is 4.98 Å². The zero-order chi connectivity index (χ0) is 11.1. The zero-order valence-electron chi connectivity index (χ0n) is 8.61. The molecule has 0 bridgehead atoms. The summed E-state index contributed by atoms with van der Waals surface area (Å²) in [5.41, 5.74) is 1.06. The Hall–Kier alpha value is -2.29. The third-order valence-corrected chi connectivity index (χ3v) is 1.94. The number of pyridine rings is 1. The van der Waals surface area contributed by atoms with E-state index in [1.54, 1.807) is 0 Å². The topological polar surface area (TPSA) is 31.4 Å². The molecule has 1 aromatic carbocycles. The lowest BCUT2D eigenvalue weighted by atomic mass is 10.2. The highest BCUT2D eigenvalue weighted by Crippen LogP contribution is 2.07. The molecule has 0 amide bonds. The number of para-hydroxylation sites is 1. The summed E-state index contributed by atoms with van der Waals surface area (Å²) >= 11 is 0. The quantitative estimate of drug-likeness (QED) is 0.673. The molecule has 1 aliphatic rings. The summed E-state index contributed by atoms with van der Waals surface area (Å²) in [5, 5.41) is 1.20. The fourth-order valence-electron chi connectivity index (χ4n) is 1.24. The molecule has 1 aromatic heterocycles. The molecule has 0 saturated heterocycles. The van der Waals surface area contributed by atoms with Crippen LogP contribution in [-0.2, 0) is 9.47 Å². The van der Waals surface area contributed by atoms with E-state index < -0.39 is 0 Å². The molecule has 0 unspecified atom stereocenters. The predicted octanol–water partition coefficient (Wildman–Crippen LogP) is 3.21. The Kier molecular flexibility index (Phi) is 3.55. The summed E-state index contributed by atoms with van der Waals surface area (Å²) < 4.78 is 9.17. The average Bonchev–Trinajstić information content (AvgIpc) is 2.42. The van der Waals surface area contributed by atoms with Crippen LogP contribution in [0.1, 0.15) is 0 Å². The molecule has 0 fully saturated rings. The fraction of sp³-hybridized carbons (Fsp3) is 0. The van der Waals surface area contributed by atoms with Crippen molar-refractivity contribution >= 4 is 10.9 Å². The molecular weight excluding hydrogens is 202 g/mol. The van der Waals surface area contributed by atoms with E-state index >= 15 is 0 Å². The number of hydrogen-bond acceptors (Lipinski definition) is 3. The standard InChI is InChI=1S/C9H7N.C4H4O2/c1-2-6-9-8(4-1)5-3-7-10-9;1-2-6-4-3-5-1/h1-7H;1-4H. The lowest BCUT2D eigenvalue weighted by Crippen LogP contribution is -1.74. The first kappa shape index (κ1) is 10.2. The molecule has 3 heteroatoms. The van der Waals surface area contributed by atoms with Crippen LogP contribution in [0, 0.1) is 0 Å². The van der Waals surface area contributed by atoms with Crippen molar-refractivity contribution in [3.05, 3.63) is 67.6 Å². The number of rotatable bonds is 0. The second kappa shape index (κ2) is 5.56. The van der Waals surface area contributed by atoms with Crippen LogP contribution >= 0.6 is 0 Å². The number of ether oxygens (including phenoxy) is 2. The molecule has 0 aliphatic carbocycles. The smallest absolute Gasteiger partial charge is 0.125 e. The minimum atomic E-state index is 1.06. The molecule has 80 valence electrons. The van der Waals surface area contributed by atoms with Crippen molar-refractivity contribution in [3.8, 4) is 0 Å². The molecule has 1 aliphatic heterocycles. The van der Waals surface area contributed by atoms with Crippen LogP contribution < -0.4 is 0 Å². The van der Waals surface area contributed by atoms with Gasteiger partial charge in [0.05, 0.1) is 5.52 Å². The van der Waals surface area contributed by atoms with Gasteiger partial charge in [0.15, 0.2) is 0 Å². The van der Waals surface area contributed by atoms with Crippen molar-refractivity contribution in [2.45, 2.75) is 0 Å². The molecule has 3 nitrogen and oxygen atoms in total. The van der Waals surface area contributed by atoms with Gasteiger partial charge >= 0.3 is 0 Å². The molecule has 0 N–H and O–H groups in total. The van der Waals surface area contributed by atoms with E-state index in [1.165, 1.54) is 30.4 Å². The first-order chi connectivity index (χ1) is 7.97. The summed E-state index contributed by atoms with van der Waals surface area (Å²) in [4.78, 5) is 4.18. The highest BCUT2D eigenvalue weighted by molar-refractivity contribution is 5.77. The summed E-state index contributed by atoms with van der Waals surface area (Å²) in [7, 11) is 0. The Morgan fingerprint density at radius 2 is 1.38 bits per heavy atom. The molecule has 0 saturated carbocycles. The molecule has 0 atom stereocenters. The van der Waals surface area contributed by atoms with E-state index in [4.69, 9.17) is 0 Å². The lowest BCUT2D eigenvalue weighted by Gasteiger charge is -1.94. The molecule has 0 spiro atoms. The Bertz CT molecular complexity index is 421. The van der Waals surface area contributed by atoms with Gasteiger partial charge in [-0.15, -0.1) is 0 Å². The van der Waals surface area contributed by atoms with Gasteiger partial charge < -0.3 is 9.47 Å². The maximum atomic E-state index is 4.58. The van der Waals surface area contributed by atoms with Crippen LogP contribution in [0.2, 0.25) is 0 Å². The predicted molar refractivity (Wildman–Crippen MR) is 62.2 cm³/mol. The SMILES string of the molecule is C1=COC=CO1.c1ccc2ncccc2c1. The maximum absolute atomic E-state index is 4.58. The largest absolute Gasteiger partial charge is 0.466 e. The first-order valence-electron chi connectivity index (χ1n) is 4.87. The number of benzene rings is 1. The van der Waals surface area contributed by atoms with Gasteiger partial charge in [0.25, 0.3) is 0 Å². The van der Waals surface area contributed by atoms with E-state index in [9.17, 15) is 0 Å². The summed E-state index contributed by atoms with van der Waals surface area (Å²) in [6.45, 7) is 0. The van der Waals surface area contributed by atoms with E-state index in [1.807, 2.05) is 30.5 Å².